The van der Waals surface area contributed by atoms with E-state index in [1.165, 1.54) is 6.92 Å². The third-order valence-electron chi connectivity index (χ3n) is 2.79. The molecule has 0 bridgehead atoms. The van der Waals surface area contributed by atoms with E-state index in [0.717, 1.165) is 19.3 Å². The number of amides is 1. The molecule has 0 fully saturated rings. The van der Waals surface area contributed by atoms with Crippen LogP contribution in [0.25, 0.3) is 0 Å². The summed E-state index contributed by atoms with van der Waals surface area (Å²) in [5.74, 6) is 0.396. The van der Waals surface area contributed by atoms with E-state index in [2.05, 4.69) is 5.32 Å². The van der Waals surface area contributed by atoms with Crippen LogP contribution in [0.1, 0.15) is 39.5 Å². The third-order valence-corrected chi connectivity index (χ3v) is 2.79. The minimum atomic E-state index is -0.144. The van der Waals surface area contributed by atoms with Gasteiger partial charge in [0.1, 0.15) is 5.75 Å². The van der Waals surface area contributed by atoms with Crippen molar-refractivity contribution in [1.29, 1.82) is 0 Å². The van der Waals surface area contributed by atoms with E-state index in [9.17, 15) is 9.59 Å². The molecule has 0 heterocycles. The van der Waals surface area contributed by atoms with Crippen molar-refractivity contribution in [3.63, 3.8) is 0 Å². The van der Waals surface area contributed by atoms with Crippen LogP contribution >= 0.6 is 0 Å². The van der Waals surface area contributed by atoms with Crippen molar-refractivity contribution in [2.24, 2.45) is 0 Å². The number of ether oxygens (including phenoxy) is 2. The summed E-state index contributed by atoms with van der Waals surface area (Å²) in [6.45, 7) is 4.26. The molecule has 1 rings (SSSR count). The fraction of sp³-hybridized carbons (Fsp3) is 0.500. The number of unbranched alkanes of at least 4 members (excludes halogenated alkanes) is 2. The lowest BCUT2D eigenvalue weighted by molar-refractivity contribution is -0.143. The Morgan fingerprint density at radius 2 is 1.90 bits per heavy atom. The molecular formula is C16H23NO4. The number of rotatable bonds is 9. The van der Waals surface area contributed by atoms with Crippen molar-refractivity contribution in [3.8, 4) is 5.75 Å². The van der Waals surface area contributed by atoms with Gasteiger partial charge in [-0.25, -0.2) is 0 Å². The summed E-state index contributed by atoms with van der Waals surface area (Å²) in [6, 6.07) is 7.33. The van der Waals surface area contributed by atoms with Crippen LogP contribution in [0.2, 0.25) is 0 Å². The van der Waals surface area contributed by atoms with Crippen LogP contribution in [0.5, 0.6) is 5.75 Å². The second kappa shape index (κ2) is 9.80. The van der Waals surface area contributed by atoms with Gasteiger partial charge in [-0.3, -0.25) is 9.59 Å². The van der Waals surface area contributed by atoms with Gasteiger partial charge < -0.3 is 14.8 Å². The number of carbonyl (C=O) groups is 2. The Labute approximate surface area is 125 Å². The number of hydrogen-bond donors (Lipinski definition) is 1. The van der Waals surface area contributed by atoms with E-state index in [-0.39, 0.29) is 11.9 Å². The molecule has 1 N–H and O–H groups in total. The number of nitrogens with one attached hydrogen (secondary N) is 1. The number of benzene rings is 1. The molecular weight excluding hydrogens is 270 g/mol. The first-order valence-electron chi connectivity index (χ1n) is 7.28. The zero-order valence-corrected chi connectivity index (χ0v) is 12.7. The maximum absolute atomic E-state index is 11.2. The monoisotopic (exact) mass is 293 g/mol. The largest absolute Gasteiger partial charge is 0.491 e. The highest BCUT2D eigenvalue weighted by atomic mass is 16.5. The maximum atomic E-state index is 11.2. The number of para-hydroxylation sites is 2. The van der Waals surface area contributed by atoms with Crippen LogP contribution in [-0.2, 0) is 14.3 Å². The fourth-order valence-electron chi connectivity index (χ4n) is 1.85. The van der Waals surface area contributed by atoms with Crippen LogP contribution in [0.3, 0.4) is 0 Å². The first-order valence-corrected chi connectivity index (χ1v) is 7.28. The molecule has 116 valence electrons. The Balaban J connectivity index is 2.24. The smallest absolute Gasteiger partial charge is 0.305 e. The number of anilines is 1. The normalized spacial score (nSPS) is 10.0. The van der Waals surface area contributed by atoms with Crippen LogP contribution in [0.4, 0.5) is 5.69 Å². The molecule has 0 aliphatic carbocycles. The molecule has 21 heavy (non-hydrogen) atoms. The molecule has 0 aliphatic heterocycles. The molecule has 0 spiro atoms. The molecule has 0 unspecified atom stereocenters. The van der Waals surface area contributed by atoms with E-state index in [1.54, 1.807) is 13.0 Å². The predicted octanol–water partition coefficient (Wildman–Crippen LogP) is 3.15. The number of esters is 1. The van der Waals surface area contributed by atoms with Gasteiger partial charge in [0.25, 0.3) is 0 Å². The van der Waals surface area contributed by atoms with Gasteiger partial charge in [0.05, 0.1) is 18.9 Å². The van der Waals surface area contributed by atoms with Gasteiger partial charge in [-0.2, -0.15) is 0 Å². The molecule has 0 saturated heterocycles. The fourth-order valence-corrected chi connectivity index (χ4v) is 1.85. The molecule has 5 heteroatoms. The Morgan fingerprint density at radius 3 is 2.62 bits per heavy atom. The predicted molar refractivity (Wildman–Crippen MR) is 81.3 cm³/mol. The van der Waals surface area contributed by atoms with Crippen LogP contribution < -0.4 is 10.1 Å². The summed E-state index contributed by atoms with van der Waals surface area (Å²) in [7, 11) is 0. The summed E-state index contributed by atoms with van der Waals surface area (Å²) in [5, 5.41) is 2.73. The molecule has 0 radical (unpaired) electrons. The van der Waals surface area contributed by atoms with Gasteiger partial charge in [-0.1, -0.05) is 12.1 Å². The number of hydrogen-bond acceptors (Lipinski definition) is 4. The minimum absolute atomic E-state index is 0.125. The Hall–Kier alpha value is -2.04. The highest BCUT2D eigenvalue weighted by Crippen LogP contribution is 2.23. The average molecular weight is 293 g/mol. The molecule has 1 amide bonds. The van der Waals surface area contributed by atoms with Crippen molar-refractivity contribution in [2.75, 3.05) is 18.5 Å². The zero-order chi connectivity index (χ0) is 15.5. The highest BCUT2D eigenvalue weighted by Gasteiger charge is 2.04. The van der Waals surface area contributed by atoms with Crippen LogP contribution in [0, 0.1) is 0 Å². The lowest BCUT2D eigenvalue weighted by Crippen LogP contribution is -2.08. The van der Waals surface area contributed by atoms with Crippen molar-refractivity contribution in [3.05, 3.63) is 24.3 Å². The molecule has 1 aromatic rings. The van der Waals surface area contributed by atoms with Crippen molar-refractivity contribution in [1.82, 2.24) is 0 Å². The van der Waals surface area contributed by atoms with E-state index in [4.69, 9.17) is 9.47 Å². The Bertz CT molecular complexity index is 459. The third kappa shape index (κ3) is 7.34. The first kappa shape index (κ1) is 17.0. The van der Waals surface area contributed by atoms with Crippen molar-refractivity contribution >= 4 is 17.6 Å². The Kier molecular flexibility index (Phi) is 7.94. The SMILES string of the molecule is CCOC(=O)CCCCCOc1ccccc1NC(C)=O. The van der Waals surface area contributed by atoms with Gasteiger partial charge in [-0.15, -0.1) is 0 Å². The van der Waals surface area contributed by atoms with Gasteiger partial charge >= 0.3 is 5.97 Å². The highest BCUT2D eigenvalue weighted by molar-refractivity contribution is 5.90. The van der Waals surface area contributed by atoms with E-state index < -0.39 is 0 Å². The molecule has 0 aromatic heterocycles. The van der Waals surface area contributed by atoms with Crippen LogP contribution in [-0.4, -0.2) is 25.1 Å². The summed E-state index contributed by atoms with van der Waals surface area (Å²) in [4.78, 5) is 22.2. The lowest BCUT2D eigenvalue weighted by atomic mass is 10.2. The zero-order valence-electron chi connectivity index (χ0n) is 12.7. The summed E-state index contributed by atoms with van der Waals surface area (Å²) in [5.41, 5.74) is 0.677. The quantitative estimate of drug-likeness (QED) is 0.561. The molecule has 5 nitrogen and oxygen atoms in total. The van der Waals surface area contributed by atoms with Crippen LogP contribution in [0.15, 0.2) is 24.3 Å². The topological polar surface area (TPSA) is 64.6 Å². The maximum Gasteiger partial charge on any atom is 0.305 e. The van der Waals surface area contributed by atoms with Gasteiger partial charge in [0.2, 0.25) is 5.91 Å². The average Bonchev–Trinajstić information content (AvgIpc) is 2.44. The molecule has 0 saturated carbocycles. The summed E-state index contributed by atoms with van der Waals surface area (Å²) >= 11 is 0. The van der Waals surface area contributed by atoms with Gasteiger partial charge in [-0.05, 0) is 38.3 Å². The summed E-state index contributed by atoms with van der Waals surface area (Å²) < 4.78 is 10.5. The van der Waals surface area contributed by atoms with Gasteiger partial charge in [0.15, 0.2) is 0 Å². The molecule has 1 aromatic carbocycles. The second-order valence-electron chi connectivity index (χ2n) is 4.64. The molecule has 0 aliphatic rings. The number of carbonyl (C=O) groups excluding carboxylic acids is 2. The van der Waals surface area contributed by atoms with E-state index in [1.807, 2.05) is 18.2 Å². The molecule has 0 atom stereocenters. The van der Waals surface area contributed by atoms with Gasteiger partial charge in [0, 0.05) is 13.3 Å². The van der Waals surface area contributed by atoms with E-state index >= 15 is 0 Å². The Morgan fingerprint density at radius 1 is 1.14 bits per heavy atom. The standard InChI is InChI=1S/C16H23NO4/c1-3-20-16(19)11-5-4-8-12-21-15-10-7-6-9-14(15)17-13(2)18/h6-7,9-10H,3-5,8,11-12H2,1-2H3,(H,17,18). The van der Waals surface area contributed by atoms with E-state index in [0.29, 0.717) is 31.1 Å². The second-order valence-corrected chi connectivity index (χ2v) is 4.64. The summed E-state index contributed by atoms with van der Waals surface area (Å²) in [6.07, 6.45) is 3.01. The minimum Gasteiger partial charge on any atom is -0.491 e. The van der Waals surface area contributed by atoms with Crippen molar-refractivity contribution < 1.29 is 19.1 Å². The lowest BCUT2D eigenvalue weighted by Gasteiger charge is -2.11. The van der Waals surface area contributed by atoms with Crippen molar-refractivity contribution in [2.45, 2.75) is 39.5 Å². The first-order chi connectivity index (χ1) is 10.1.